The topological polar surface area (TPSA) is 35.2 Å². The molecule has 2 N–H and O–H groups in total. The number of rotatable bonds is 4. The highest BCUT2D eigenvalue weighted by atomic mass is 32.1. The normalized spacial score (nSPS) is 16.1. The summed E-state index contributed by atoms with van der Waals surface area (Å²) < 4.78 is 5.95. The van der Waals surface area contributed by atoms with Crippen LogP contribution in [0.15, 0.2) is 18.2 Å². The Bertz CT molecular complexity index is 411. The van der Waals surface area contributed by atoms with Crippen LogP contribution in [-0.2, 0) is 0 Å². The molecule has 3 heteroatoms. The second-order valence-electron chi connectivity index (χ2n) is 4.78. The van der Waals surface area contributed by atoms with Crippen LogP contribution in [0.4, 0.5) is 0 Å². The van der Waals surface area contributed by atoms with Crippen molar-refractivity contribution in [3.63, 3.8) is 0 Å². The highest BCUT2D eigenvalue weighted by Gasteiger charge is 2.17. The minimum atomic E-state index is 0.412. The molecule has 1 aliphatic carbocycles. The maximum absolute atomic E-state index is 5.95. The molecule has 1 aromatic carbocycles. The van der Waals surface area contributed by atoms with Crippen LogP contribution in [0.1, 0.15) is 36.8 Å². The Hall–Kier alpha value is -1.09. The molecule has 1 aromatic rings. The van der Waals surface area contributed by atoms with Crippen molar-refractivity contribution in [2.24, 2.45) is 11.7 Å². The molecule has 1 aliphatic rings. The summed E-state index contributed by atoms with van der Waals surface area (Å²) in [5.41, 5.74) is 7.68. The first kappa shape index (κ1) is 12.4. The van der Waals surface area contributed by atoms with E-state index in [-0.39, 0.29) is 0 Å². The van der Waals surface area contributed by atoms with E-state index in [2.05, 4.69) is 0 Å². The summed E-state index contributed by atoms with van der Waals surface area (Å²) in [6, 6.07) is 5.93. The van der Waals surface area contributed by atoms with E-state index in [0.717, 1.165) is 23.5 Å². The van der Waals surface area contributed by atoms with Crippen molar-refractivity contribution >= 4 is 17.2 Å². The van der Waals surface area contributed by atoms with Crippen molar-refractivity contribution in [1.82, 2.24) is 0 Å². The van der Waals surface area contributed by atoms with Crippen LogP contribution in [0.25, 0.3) is 0 Å². The van der Waals surface area contributed by atoms with Crippen LogP contribution in [0.5, 0.6) is 5.75 Å². The third-order valence-corrected chi connectivity index (χ3v) is 3.64. The van der Waals surface area contributed by atoms with Crippen molar-refractivity contribution in [1.29, 1.82) is 0 Å². The van der Waals surface area contributed by atoms with E-state index in [0.29, 0.717) is 10.9 Å². The van der Waals surface area contributed by atoms with Gasteiger partial charge in [0.1, 0.15) is 10.7 Å². The van der Waals surface area contributed by atoms with Gasteiger partial charge < -0.3 is 10.5 Å². The molecular weight excluding hydrogens is 230 g/mol. The monoisotopic (exact) mass is 249 g/mol. The highest BCUT2D eigenvalue weighted by Crippen LogP contribution is 2.28. The van der Waals surface area contributed by atoms with E-state index in [4.69, 9.17) is 22.7 Å². The first-order chi connectivity index (χ1) is 8.18. The minimum Gasteiger partial charge on any atom is -0.492 e. The molecule has 0 amide bonds. The van der Waals surface area contributed by atoms with Gasteiger partial charge in [-0.15, -0.1) is 0 Å². The fraction of sp³-hybridized carbons (Fsp3) is 0.500. The SMILES string of the molecule is Cc1cccc(C(N)=S)c1OCC1CCCC1. The van der Waals surface area contributed by atoms with E-state index >= 15 is 0 Å². The van der Waals surface area contributed by atoms with Crippen molar-refractivity contribution in [2.75, 3.05) is 6.61 Å². The first-order valence-electron chi connectivity index (χ1n) is 6.20. The highest BCUT2D eigenvalue weighted by molar-refractivity contribution is 7.80. The Morgan fingerprint density at radius 1 is 1.41 bits per heavy atom. The Kier molecular flexibility index (Phi) is 4.00. The molecule has 17 heavy (non-hydrogen) atoms. The van der Waals surface area contributed by atoms with Gasteiger partial charge in [0.25, 0.3) is 0 Å². The quantitative estimate of drug-likeness (QED) is 0.832. The zero-order valence-electron chi connectivity index (χ0n) is 10.2. The third kappa shape index (κ3) is 2.97. The number of hydrogen-bond acceptors (Lipinski definition) is 2. The second-order valence-corrected chi connectivity index (χ2v) is 5.22. The van der Waals surface area contributed by atoms with Crippen LogP contribution >= 0.6 is 12.2 Å². The van der Waals surface area contributed by atoms with Crippen molar-refractivity contribution in [2.45, 2.75) is 32.6 Å². The smallest absolute Gasteiger partial charge is 0.132 e. The molecule has 1 saturated carbocycles. The van der Waals surface area contributed by atoms with Gasteiger partial charge in [-0.05, 0) is 37.3 Å². The zero-order valence-corrected chi connectivity index (χ0v) is 11.1. The van der Waals surface area contributed by atoms with E-state index < -0.39 is 0 Å². The van der Waals surface area contributed by atoms with Gasteiger partial charge in [-0.2, -0.15) is 0 Å². The molecule has 2 nitrogen and oxygen atoms in total. The van der Waals surface area contributed by atoms with E-state index in [1.165, 1.54) is 25.7 Å². The van der Waals surface area contributed by atoms with Crippen LogP contribution in [0, 0.1) is 12.8 Å². The molecule has 0 saturated heterocycles. The molecule has 0 radical (unpaired) electrons. The van der Waals surface area contributed by atoms with Crippen LogP contribution in [-0.4, -0.2) is 11.6 Å². The molecule has 0 heterocycles. The molecule has 1 fully saturated rings. The lowest BCUT2D eigenvalue weighted by atomic mass is 10.1. The lowest BCUT2D eigenvalue weighted by Crippen LogP contribution is -2.15. The number of hydrogen-bond donors (Lipinski definition) is 1. The predicted molar refractivity (Wildman–Crippen MR) is 74.5 cm³/mol. The van der Waals surface area contributed by atoms with Gasteiger partial charge in [-0.1, -0.05) is 37.2 Å². The summed E-state index contributed by atoms with van der Waals surface area (Å²) in [6.07, 6.45) is 5.25. The number of nitrogens with two attached hydrogens (primary N) is 1. The van der Waals surface area contributed by atoms with Crippen LogP contribution in [0.2, 0.25) is 0 Å². The lowest BCUT2D eigenvalue weighted by Gasteiger charge is -2.16. The average molecular weight is 249 g/mol. The second kappa shape index (κ2) is 5.50. The number of thiocarbonyl (C=S) groups is 1. The van der Waals surface area contributed by atoms with Gasteiger partial charge in [-0.25, -0.2) is 0 Å². The Morgan fingerprint density at radius 3 is 2.76 bits per heavy atom. The summed E-state index contributed by atoms with van der Waals surface area (Å²) in [4.78, 5) is 0.412. The largest absolute Gasteiger partial charge is 0.492 e. The molecule has 0 aliphatic heterocycles. The summed E-state index contributed by atoms with van der Waals surface area (Å²) >= 11 is 5.06. The summed E-state index contributed by atoms with van der Waals surface area (Å²) in [5.74, 6) is 1.57. The fourth-order valence-corrected chi connectivity index (χ4v) is 2.58. The average Bonchev–Trinajstić information content (AvgIpc) is 2.80. The van der Waals surface area contributed by atoms with Crippen molar-refractivity contribution in [3.05, 3.63) is 29.3 Å². The van der Waals surface area contributed by atoms with Gasteiger partial charge in [0.2, 0.25) is 0 Å². The van der Waals surface area contributed by atoms with Gasteiger partial charge in [0, 0.05) is 0 Å². The molecule has 0 unspecified atom stereocenters. The molecule has 2 rings (SSSR count). The molecule has 92 valence electrons. The number of para-hydroxylation sites is 1. The summed E-state index contributed by atoms with van der Waals surface area (Å²) in [6.45, 7) is 2.83. The van der Waals surface area contributed by atoms with Crippen molar-refractivity contribution in [3.8, 4) is 5.75 Å². The molecule has 0 spiro atoms. The summed E-state index contributed by atoms with van der Waals surface area (Å²) in [5, 5.41) is 0. The standard InChI is InChI=1S/C14H19NOS/c1-10-5-4-8-12(14(15)17)13(10)16-9-11-6-2-3-7-11/h4-5,8,11H,2-3,6-7,9H2,1H3,(H2,15,17). The molecular formula is C14H19NOS. The predicted octanol–water partition coefficient (Wildman–Crippen LogP) is 3.20. The Labute approximate surface area is 108 Å². The Morgan fingerprint density at radius 2 is 2.12 bits per heavy atom. The van der Waals surface area contributed by atoms with Crippen LogP contribution < -0.4 is 10.5 Å². The van der Waals surface area contributed by atoms with Gasteiger partial charge >= 0.3 is 0 Å². The van der Waals surface area contributed by atoms with E-state index in [1.807, 2.05) is 25.1 Å². The lowest BCUT2D eigenvalue weighted by molar-refractivity contribution is 0.250. The van der Waals surface area contributed by atoms with Gasteiger partial charge in [0.15, 0.2) is 0 Å². The van der Waals surface area contributed by atoms with Crippen molar-refractivity contribution < 1.29 is 4.74 Å². The number of ether oxygens (including phenoxy) is 1. The van der Waals surface area contributed by atoms with Gasteiger partial charge in [-0.3, -0.25) is 0 Å². The maximum Gasteiger partial charge on any atom is 0.132 e. The first-order valence-corrected chi connectivity index (χ1v) is 6.61. The van der Waals surface area contributed by atoms with E-state index in [1.54, 1.807) is 0 Å². The third-order valence-electron chi connectivity index (χ3n) is 3.42. The number of aryl methyl sites for hydroxylation is 1. The minimum absolute atomic E-state index is 0.412. The molecule has 0 bridgehead atoms. The maximum atomic E-state index is 5.95. The fourth-order valence-electron chi connectivity index (χ4n) is 2.42. The number of benzene rings is 1. The summed E-state index contributed by atoms with van der Waals surface area (Å²) in [7, 11) is 0. The molecule has 0 aromatic heterocycles. The van der Waals surface area contributed by atoms with Gasteiger partial charge in [0.05, 0.1) is 12.2 Å². The van der Waals surface area contributed by atoms with E-state index in [9.17, 15) is 0 Å². The van der Waals surface area contributed by atoms with Crippen LogP contribution in [0.3, 0.4) is 0 Å². The molecule has 0 atom stereocenters. The Balaban J connectivity index is 2.10. The zero-order chi connectivity index (χ0) is 12.3.